The van der Waals surface area contributed by atoms with Crippen molar-refractivity contribution in [2.75, 3.05) is 26.2 Å². The van der Waals surface area contributed by atoms with E-state index in [1.54, 1.807) is 10.7 Å². The van der Waals surface area contributed by atoms with Crippen molar-refractivity contribution in [3.8, 4) is 5.75 Å². The molecule has 8 nitrogen and oxygen atoms in total. The van der Waals surface area contributed by atoms with Crippen LogP contribution in [0.1, 0.15) is 24.0 Å². The van der Waals surface area contributed by atoms with Crippen molar-refractivity contribution in [1.82, 2.24) is 25.7 Å². The van der Waals surface area contributed by atoms with E-state index in [0.29, 0.717) is 25.4 Å². The normalized spacial score (nSPS) is 18.6. The van der Waals surface area contributed by atoms with Crippen LogP contribution in [-0.2, 0) is 23.2 Å². The van der Waals surface area contributed by atoms with Gasteiger partial charge in [0.2, 0.25) is 5.91 Å². The number of benzene rings is 1. The quantitative estimate of drug-likeness (QED) is 0.617. The van der Waals surface area contributed by atoms with Crippen LogP contribution in [0, 0.1) is 5.92 Å². The second-order valence-corrected chi connectivity index (χ2v) is 6.93. The molecule has 0 unspecified atom stereocenters. The maximum Gasteiger partial charge on any atom is 0.257 e. The number of carbonyl (C=O) groups excluding carboxylic acids is 2. The molecular weight excluding hydrogens is 358 g/mol. The summed E-state index contributed by atoms with van der Waals surface area (Å²) in [6, 6.07) is 7.41. The van der Waals surface area contributed by atoms with E-state index in [4.69, 9.17) is 4.74 Å². The van der Waals surface area contributed by atoms with Crippen LogP contribution in [0.5, 0.6) is 5.75 Å². The third kappa shape index (κ3) is 5.10. The van der Waals surface area contributed by atoms with Gasteiger partial charge in [-0.1, -0.05) is 12.1 Å². The van der Waals surface area contributed by atoms with E-state index >= 15 is 0 Å². The third-order valence-corrected chi connectivity index (χ3v) is 4.81. The molecule has 0 saturated carbocycles. The lowest BCUT2D eigenvalue weighted by Gasteiger charge is -2.17. The van der Waals surface area contributed by atoms with Crippen molar-refractivity contribution in [3.63, 3.8) is 0 Å². The molecule has 1 saturated heterocycles. The molecule has 1 fully saturated rings. The standard InChI is InChI=1S/C20H27N5O3/c1-3-22-19(26)13-28-16-6-4-5-14(7-16)8-23-20(27)18-11-21-10-17(18)15-9-24-25(2)12-15/h4-7,9,12,17-18,21H,3,8,10-11,13H2,1-2H3,(H,22,26)(H,23,27)/t17-,18+/m1/s1. The summed E-state index contributed by atoms with van der Waals surface area (Å²) in [7, 11) is 1.88. The van der Waals surface area contributed by atoms with Crippen LogP contribution in [0.2, 0.25) is 0 Å². The molecule has 2 amide bonds. The van der Waals surface area contributed by atoms with Gasteiger partial charge in [0.15, 0.2) is 6.61 Å². The fourth-order valence-electron chi connectivity index (χ4n) is 3.40. The average Bonchev–Trinajstić information content (AvgIpc) is 3.34. The molecule has 0 bridgehead atoms. The van der Waals surface area contributed by atoms with Crippen LogP contribution in [0.4, 0.5) is 0 Å². The first-order chi connectivity index (χ1) is 13.6. The summed E-state index contributed by atoms with van der Waals surface area (Å²) in [4.78, 5) is 24.2. The van der Waals surface area contributed by atoms with Gasteiger partial charge in [-0.15, -0.1) is 0 Å². The summed E-state index contributed by atoms with van der Waals surface area (Å²) >= 11 is 0. The van der Waals surface area contributed by atoms with E-state index in [1.807, 2.05) is 44.6 Å². The topological polar surface area (TPSA) is 97.3 Å². The summed E-state index contributed by atoms with van der Waals surface area (Å²) in [5, 5.41) is 13.2. The molecule has 28 heavy (non-hydrogen) atoms. The number of amides is 2. The summed E-state index contributed by atoms with van der Waals surface area (Å²) < 4.78 is 7.26. The SMILES string of the molecule is CCNC(=O)COc1cccc(CNC(=O)[C@H]2CNC[C@@H]2c2cnn(C)c2)c1. The monoisotopic (exact) mass is 385 g/mol. The highest BCUT2D eigenvalue weighted by molar-refractivity contribution is 5.80. The maximum absolute atomic E-state index is 12.7. The predicted molar refractivity (Wildman–Crippen MR) is 105 cm³/mol. The molecule has 3 N–H and O–H groups in total. The van der Waals surface area contributed by atoms with Gasteiger partial charge in [0.05, 0.1) is 12.1 Å². The molecule has 1 aliphatic rings. The van der Waals surface area contributed by atoms with Crippen LogP contribution in [0.3, 0.4) is 0 Å². The molecule has 0 spiro atoms. The first-order valence-corrected chi connectivity index (χ1v) is 9.52. The molecular formula is C20H27N5O3. The number of nitrogens with one attached hydrogen (secondary N) is 3. The Hall–Kier alpha value is -2.87. The summed E-state index contributed by atoms with van der Waals surface area (Å²) in [6.45, 7) is 4.25. The lowest BCUT2D eigenvalue weighted by atomic mass is 9.90. The molecule has 1 aromatic heterocycles. The molecule has 1 aliphatic heterocycles. The van der Waals surface area contributed by atoms with Crippen molar-refractivity contribution in [2.24, 2.45) is 13.0 Å². The van der Waals surface area contributed by atoms with E-state index in [-0.39, 0.29) is 30.3 Å². The van der Waals surface area contributed by atoms with Crippen molar-refractivity contribution >= 4 is 11.8 Å². The van der Waals surface area contributed by atoms with Crippen LogP contribution >= 0.6 is 0 Å². The van der Waals surface area contributed by atoms with Crippen LogP contribution in [0.25, 0.3) is 0 Å². The van der Waals surface area contributed by atoms with Gasteiger partial charge in [0, 0.05) is 45.3 Å². The minimum Gasteiger partial charge on any atom is -0.484 e. The van der Waals surface area contributed by atoms with Gasteiger partial charge in [0.1, 0.15) is 5.75 Å². The third-order valence-electron chi connectivity index (χ3n) is 4.81. The largest absolute Gasteiger partial charge is 0.484 e. The van der Waals surface area contributed by atoms with E-state index in [2.05, 4.69) is 21.0 Å². The molecule has 0 radical (unpaired) electrons. The Morgan fingerprint density at radius 3 is 2.93 bits per heavy atom. The Bertz CT molecular complexity index is 820. The number of ether oxygens (including phenoxy) is 1. The zero-order chi connectivity index (χ0) is 19.9. The van der Waals surface area contributed by atoms with E-state index in [9.17, 15) is 9.59 Å². The van der Waals surface area contributed by atoms with Gasteiger partial charge in [-0.3, -0.25) is 14.3 Å². The lowest BCUT2D eigenvalue weighted by molar-refractivity contribution is -0.125. The molecule has 3 rings (SSSR count). The Morgan fingerprint density at radius 2 is 2.18 bits per heavy atom. The zero-order valence-electron chi connectivity index (χ0n) is 16.3. The zero-order valence-corrected chi connectivity index (χ0v) is 16.3. The molecule has 150 valence electrons. The van der Waals surface area contributed by atoms with Crippen LogP contribution in [0.15, 0.2) is 36.7 Å². The number of rotatable bonds is 8. The molecule has 8 heteroatoms. The van der Waals surface area contributed by atoms with Crippen molar-refractivity contribution in [3.05, 3.63) is 47.8 Å². The Labute approximate surface area is 164 Å². The number of hydrogen-bond donors (Lipinski definition) is 3. The highest BCUT2D eigenvalue weighted by Crippen LogP contribution is 2.28. The smallest absolute Gasteiger partial charge is 0.257 e. The highest BCUT2D eigenvalue weighted by atomic mass is 16.5. The van der Waals surface area contributed by atoms with Crippen LogP contribution < -0.4 is 20.7 Å². The van der Waals surface area contributed by atoms with Crippen molar-refractivity contribution < 1.29 is 14.3 Å². The highest BCUT2D eigenvalue weighted by Gasteiger charge is 2.34. The van der Waals surface area contributed by atoms with Crippen LogP contribution in [-0.4, -0.2) is 47.8 Å². The van der Waals surface area contributed by atoms with Gasteiger partial charge in [-0.2, -0.15) is 5.10 Å². The summed E-state index contributed by atoms with van der Waals surface area (Å²) in [6.07, 6.45) is 3.79. The number of hydrogen-bond acceptors (Lipinski definition) is 5. The Balaban J connectivity index is 1.54. The number of likely N-dealkylation sites (N-methyl/N-ethyl adjacent to an activating group) is 1. The number of aromatic nitrogens is 2. The minimum atomic E-state index is -0.156. The first kappa shape index (κ1) is 19.9. The maximum atomic E-state index is 12.7. The summed E-state index contributed by atoms with van der Waals surface area (Å²) in [5.74, 6) is 0.472. The fraction of sp³-hybridized carbons (Fsp3) is 0.450. The van der Waals surface area contributed by atoms with Crippen molar-refractivity contribution in [2.45, 2.75) is 19.4 Å². The van der Waals surface area contributed by atoms with Gasteiger partial charge in [0.25, 0.3) is 5.91 Å². The molecule has 1 aromatic carbocycles. The Kier molecular flexibility index (Phi) is 6.65. The van der Waals surface area contributed by atoms with Gasteiger partial charge < -0.3 is 20.7 Å². The molecule has 2 aromatic rings. The second kappa shape index (κ2) is 9.36. The number of nitrogens with zero attached hydrogens (tertiary/aromatic N) is 2. The van der Waals surface area contributed by atoms with Gasteiger partial charge >= 0.3 is 0 Å². The molecule has 2 atom stereocenters. The minimum absolute atomic E-state index is 0.0208. The average molecular weight is 385 g/mol. The lowest BCUT2D eigenvalue weighted by Crippen LogP contribution is -2.34. The van der Waals surface area contributed by atoms with Crippen molar-refractivity contribution in [1.29, 1.82) is 0 Å². The van der Waals surface area contributed by atoms with Gasteiger partial charge in [-0.05, 0) is 30.2 Å². The Morgan fingerprint density at radius 1 is 1.32 bits per heavy atom. The molecule has 2 heterocycles. The second-order valence-electron chi connectivity index (χ2n) is 6.93. The van der Waals surface area contributed by atoms with E-state index in [0.717, 1.165) is 17.7 Å². The molecule has 0 aliphatic carbocycles. The summed E-state index contributed by atoms with van der Waals surface area (Å²) in [5.41, 5.74) is 2.00. The van der Waals surface area contributed by atoms with Gasteiger partial charge in [-0.25, -0.2) is 0 Å². The fourth-order valence-corrected chi connectivity index (χ4v) is 3.40. The number of carbonyl (C=O) groups is 2. The number of aryl methyl sites for hydroxylation is 1. The predicted octanol–water partition coefficient (Wildman–Crippen LogP) is 0.554. The first-order valence-electron chi connectivity index (χ1n) is 9.52. The van der Waals surface area contributed by atoms with E-state index in [1.165, 1.54) is 0 Å². The van der Waals surface area contributed by atoms with E-state index < -0.39 is 0 Å².